The molecule has 0 atom stereocenters. The van der Waals surface area contributed by atoms with Crippen molar-refractivity contribution < 1.29 is 13.5 Å². The molecule has 0 saturated carbocycles. The molecule has 0 aromatic rings. The Balaban J connectivity index is 1.86. The van der Waals surface area contributed by atoms with Gasteiger partial charge in [0.25, 0.3) is 5.92 Å². The van der Waals surface area contributed by atoms with Gasteiger partial charge in [-0.05, 0) is 0 Å². The van der Waals surface area contributed by atoms with Crippen LogP contribution in [0, 0.1) is 5.41 Å². The Morgan fingerprint density at radius 2 is 2.07 bits per heavy atom. The molecular weight excluding hydrogens is 190 g/mol. The molecule has 2 aliphatic heterocycles. The van der Waals surface area contributed by atoms with E-state index >= 15 is 0 Å². The molecule has 0 spiro atoms. The number of nitrogens with two attached hydrogens (primary N) is 1. The summed E-state index contributed by atoms with van der Waals surface area (Å²) in [6.07, 6.45) is -0.0193. The number of hydrogen-bond donors (Lipinski definition) is 1. The summed E-state index contributed by atoms with van der Waals surface area (Å²) in [5, 5.41) is 0. The monoisotopic (exact) mass is 206 g/mol. The van der Waals surface area contributed by atoms with E-state index in [9.17, 15) is 8.78 Å². The average Bonchev–Trinajstić information content (AvgIpc) is 2.38. The van der Waals surface area contributed by atoms with Crippen LogP contribution < -0.4 is 5.73 Å². The average molecular weight is 206 g/mol. The van der Waals surface area contributed by atoms with Crippen molar-refractivity contribution in [3.63, 3.8) is 0 Å². The van der Waals surface area contributed by atoms with Crippen molar-refractivity contribution >= 4 is 0 Å². The van der Waals surface area contributed by atoms with E-state index < -0.39 is 5.92 Å². The summed E-state index contributed by atoms with van der Waals surface area (Å²) in [4.78, 5) is 1.80. The molecular formula is C9H16F2N2O. The highest BCUT2D eigenvalue weighted by atomic mass is 19.3. The van der Waals surface area contributed by atoms with Gasteiger partial charge in [-0.3, -0.25) is 4.90 Å². The quantitative estimate of drug-likeness (QED) is 0.722. The van der Waals surface area contributed by atoms with Gasteiger partial charge in [0, 0.05) is 31.5 Å². The molecule has 2 heterocycles. The van der Waals surface area contributed by atoms with E-state index in [0.29, 0.717) is 32.8 Å². The van der Waals surface area contributed by atoms with E-state index in [4.69, 9.17) is 10.5 Å². The van der Waals surface area contributed by atoms with E-state index in [-0.39, 0.29) is 18.4 Å². The first-order chi connectivity index (χ1) is 6.55. The lowest BCUT2D eigenvalue weighted by Gasteiger charge is -2.42. The van der Waals surface area contributed by atoms with Crippen LogP contribution in [0.1, 0.15) is 6.42 Å². The van der Waals surface area contributed by atoms with Crippen LogP contribution in [0.3, 0.4) is 0 Å². The van der Waals surface area contributed by atoms with Gasteiger partial charge in [0.1, 0.15) is 0 Å². The van der Waals surface area contributed by atoms with Gasteiger partial charge in [-0.15, -0.1) is 0 Å². The third-order valence-electron chi connectivity index (χ3n) is 3.06. The maximum absolute atomic E-state index is 12.9. The summed E-state index contributed by atoms with van der Waals surface area (Å²) in [6, 6.07) is 0. The first-order valence-corrected chi connectivity index (χ1v) is 4.93. The first-order valence-electron chi connectivity index (χ1n) is 4.93. The maximum atomic E-state index is 12.9. The lowest BCUT2D eigenvalue weighted by molar-refractivity contribution is -0.120. The minimum atomic E-state index is -2.50. The van der Waals surface area contributed by atoms with Gasteiger partial charge in [0.2, 0.25) is 0 Å². The van der Waals surface area contributed by atoms with Crippen molar-refractivity contribution in [3.05, 3.63) is 0 Å². The summed E-state index contributed by atoms with van der Waals surface area (Å²) >= 11 is 0. The smallest absolute Gasteiger partial charge is 0.261 e. The number of alkyl halides is 2. The van der Waals surface area contributed by atoms with Gasteiger partial charge < -0.3 is 10.5 Å². The molecule has 0 aromatic carbocycles. The van der Waals surface area contributed by atoms with Gasteiger partial charge in [0.05, 0.1) is 19.8 Å². The van der Waals surface area contributed by atoms with Crippen molar-refractivity contribution in [2.75, 3.05) is 39.4 Å². The topological polar surface area (TPSA) is 38.5 Å². The van der Waals surface area contributed by atoms with Crippen LogP contribution in [0.25, 0.3) is 0 Å². The van der Waals surface area contributed by atoms with Gasteiger partial charge in [-0.2, -0.15) is 0 Å². The van der Waals surface area contributed by atoms with Crippen molar-refractivity contribution in [2.24, 2.45) is 11.1 Å². The zero-order valence-electron chi connectivity index (χ0n) is 8.14. The summed E-state index contributed by atoms with van der Waals surface area (Å²) in [5.41, 5.74) is 5.57. The molecule has 14 heavy (non-hydrogen) atoms. The van der Waals surface area contributed by atoms with E-state index in [1.165, 1.54) is 0 Å². The molecule has 0 aliphatic carbocycles. The zero-order chi connectivity index (χ0) is 10.2. The largest absolute Gasteiger partial charge is 0.380 e. The number of halogens is 2. The number of nitrogens with zero attached hydrogens (tertiary/aromatic N) is 1. The Morgan fingerprint density at radius 3 is 2.43 bits per heavy atom. The number of likely N-dealkylation sites (tertiary alicyclic amines) is 1. The van der Waals surface area contributed by atoms with Crippen LogP contribution in [0.15, 0.2) is 0 Å². The van der Waals surface area contributed by atoms with Gasteiger partial charge in [0.15, 0.2) is 0 Å². The molecule has 2 fully saturated rings. The fourth-order valence-electron chi connectivity index (χ4n) is 2.08. The van der Waals surface area contributed by atoms with E-state index in [1.54, 1.807) is 4.90 Å². The number of hydrogen-bond acceptors (Lipinski definition) is 3. The molecule has 0 bridgehead atoms. The van der Waals surface area contributed by atoms with Crippen LogP contribution in [0.5, 0.6) is 0 Å². The van der Waals surface area contributed by atoms with Crippen LogP contribution in [0.2, 0.25) is 0 Å². The first kappa shape index (κ1) is 10.3. The van der Waals surface area contributed by atoms with Crippen LogP contribution in [-0.2, 0) is 4.74 Å². The van der Waals surface area contributed by atoms with E-state index in [1.807, 2.05) is 0 Å². The third kappa shape index (κ3) is 1.89. The van der Waals surface area contributed by atoms with Gasteiger partial charge in [-0.1, -0.05) is 0 Å². The Hall–Kier alpha value is -0.260. The molecule has 0 amide bonds. The highest BCUT2D eigenvalue weighted by Crippen LogP contribution is 2.32. The SMILES string of the molecule is NCC1(CN2CCC(F)(F)C2)COC1. The highest BCUT2D eigenvalue weighted by Gasteiger charge is 2.44. The van der Waals surface area contributed by atoms with E-state index in [0.717, 1.165) is 0 Å². The molecule has 82 valence electrons. The second-order valence-electron chi connectivity index (χ2n) is 4.51. The lowest BCUT2D eigenvalue weighted by Crippen LogP contribution is -2.55. The lowest BCUT2D eigenvalue weighted by atomic mass is 9.85. The second kappa shape index (κ2) is 3.40. The molecule has 2 rings (SSSR count). The van der Waals surface area contributed by atoms with Crippen molar-refractivity contribution in [3.8, 4) is 0 Å². The van der Waals surface area contributed by atoms with Crippen LogP contribution in [0.4, 0.5) is 8.78 Å². The third-order valence-corrected chi connectivity index (χ3v) is 3.06. The molecule has 2 aliphatic rings. The van der Waals surface area contributed by atoms with Crippen LogP contribution in [-0.4, -0.2) is 50.2 Å². The molecule has 0 radical (unpaired) electrons. The molecule has 3 nitrogen and oxygen atoms in total. The van der Waals surface area contributed by atoms with Crippen molar-refractivity contribution in [1.82, 2.24) is 4.90 Å². The predicted molar refractivity (Wildman–Crippen MR) is 48.3 cm³/mol. The number of rotatable bonds is 3. The van der Waals surface area contributed by atoms with Gasteiger partial charge in [-0.25, -0.2) is 8.78 Å². The Labute approximate surface area is 82.2 Å². The fourth-order valence-corrected chi connectivity index (χ4v) is 2.08. The van der Waals surface area contributed by atoms with Crippen molar-refractivity contribution in [1.29, 1.82) is 0 Å². The van der Waals surface area contributed by atoms with E-state index in [2.05, 4.69) is 0 Å². The maximum Gasteiger partial charge on any atom is 0.261 e. The standard InChI is InChI=1S/C9H16F2N2O/c10-9(11)1-2-13(5-9)4-8(3-12)6-14-7-8/h1-7,12H2. The minimum absolute atomic E-state index is 0.0193. The summed E-state index contributed by atoms with van der Waals surface area (Å²) in [6.45, 7) is 2.77. The molecule has 2 N–H and O–H groups in total. The highest BCUT2D eigenvalue weighted by molar-refractivity contribution is 4.93. The molecule has 0 unspecified atom stereocenters. The minimum Gasteiger partial charge on any atom is -0.380 e. The molecule has 0 aromatic heterocycles. The Kier molecular flexibility index (Phi) is 2.49. The summed E-state index contributed by atoms with van der Waals surface area (Å²) in [5.74, 6) is -2.50. The summed E-state index contributed by atoms with van der Waals surface area (Å²) in [7, 11) is 0. The second-order valence-corrected chi connectivity index (χ2v) is 4.51. The fraction of sp³-hybridized carbons (Fsp3) is 1.00. The Morgan fingerprint density at radius 1 is 1.36 bits per heavy atom. The van der Waals surface area contributed by atoms with Crippen LogP contribution >= 0.6 is 0 Å². The predicted octanol–water partition coefficient (Wildman–Crippen LogP) is 0.303. The molecule has 5 heteroatoms. The number of ether oxygens (including phenoxy) is 1. The van der Waals surface area contributed by atoms with Gasteiger partial charge >= 0.3 is 0 Å². The summed E-state index contributed by atoms with van der Waals surface area (Å²) < 4.78 is 30.9. The Bertz CT molecular complexity index is 213. The normalized spacial score (nSPS) is 30.2. The van der Waals surface area contributed by atoms with Crippen molar-refractivity contribution in [2.45, 2.75) is 12.3 Å². The zero-order valence-corrected chi connectivity index (χ0v) is 8.14. The molecule has 2 saturated heterocycles.